The predicted octanol–water partition coefficient (Wildman–Crippen LogP) is 1.24. The number of thiazole rings is 1. The highest BCUT2D eigenvalue weighted by atomic mass is 32.1. The molecule has 178 valence electrons. The number of aromatic nitrogens is 3. The predicted molar refractivity (Wildman–Crippen MR) is 127 cm³/mol. The van der Waals surface area contributed by atoms with E-state index in [1.54, 1.807) is 19.2 Å². The number of carbonyl (C=O) groups excluding carboxylic acids is 3. The Labute approximate surface area is 198 Å². The van der Waals surface area contributed by atoms with Crippen molar-refractivity contribution in [3.05, 3.63) is 46.5 Å². The second-order valence-electron chi connectivity index (χ2n) is 7.84. The smallest absolute Gasteiger partial charge is 0.337 e. The molecule has 0 saturated carbocycles. The zero-order chi connectivity index (χ0) is 24.2. The van der Waals surface area contributed by atoms with Gasteiger partial charge < -0.3 is 20.3 Å². The average Bonchev–Trinajstić information content (AvgIpc) is 3.30. The fraction of sp³-hybridized carbons (Fsp3) is 0.364. The van der Waals surface area contributed by atoms with Crippen LogP contribution in [0.5, 0.6) is 0 Å². The Morgan fingerprint density at radius 1 is 1.24 bits per heavy atom. The highest BCUT2D eigenvalue weighted by molar-refractivity contribution is 7.22. The van der Waals surface area contributed by atoms with Crippen LogP contribution in [-0.4, -0.2) is 59.6 Å². The maximum Gasteiger partial charge on any atom is 0.337 e. The van der Waals surface area contributed by atoms with E-state index in [4.69, 9.17) is 0 Å². The van der Waals surface area contributed by atoms with Gasteiger partial charge in [0, 0.05) is 25.8 Å². The van der Waals surface area contributed by atoms with Crippen LogP contribution in [0, 0.1) is 5.92 Å². The van der Waals surface area contributed by atoms with Crippen LogP contribution in [0.25, 0.3) is 10.3 Å². The third kappa shape index (κ3) is 4.91. The summed E-state index contributed by atoms with van der Waals surface area (Å²) in [7, 11) is 2.92. The van der Waals surface area contributed by atoms with Gasteiger partial charge in [-0.2, -0.15) is 4.98 Å². The molecule has 1 aliphatic rings. The molecule has 2 aromatic heterocycles. The Kier molecular flexibility index (Phi) is 6.87. The second-order valence-corrected chi connectivity index (χ2v) is 8.82. The van der Waals surface area contributed by atoms with Gasteiger partial charge in [0.1, 0.15) is 17.6 Å². The van der Waals surface area contributed by atoms with E-state index in [2.05, 4.69) is 25.3 Å². The number of fused-ring (bicyclic) bond motifs is 1. The van der Waals surface area contributed by atoms with Gasteiger partial charge in [-0.3, -0.25) is 19.0 Å². The molecule has 0 spiro atoms. The summed E-state index contributed by atoms with van der Waals surface area (Å²) in [6.45, 7) is 1.06. The van der Waals surface area contributed by atoms with Gasteiger partial charge in [0.15, 0.2) is 10.8 Å². The van der Waals surface area contributed by atoms with Crippen LogP contribution >= 0.6 is 11.3 Å². The number of anilines is 2. The van der Waals surface area contributed by atoms with Crippen molar-refractivity contribution < 1.29 is 19.1 Å². The van der Waals surface area contributed by atoms with Crippen molar-refractivity contribution in [1.82, 2.24) is 19.9 Å². The van der Waals surface area contributed by atoms with E-state index in [-0.39, 0.29) is 23.9 Å². The highest BCUT2D eigenvalue weighted by Gasteiger charge is 2.27. The van der Waals surface area contributed by atoms with Gasteiger partial charge in [-0.25, -0.2) is 9.78 Å². The summed E-state index contributed by atoms with van der Waals surface area (Å²) in [6, 6.07) is 6.23. The molecule has 3 aromatic rings. The number of rotatable bonds is 6. The van der Waals surface area contributed by atoms with E-state index in [1.165, 1.54) is 41.5 Å². The maximum absolute atomic E-state index is 13.0. The minimum atomic E-state index is -0.471. The third-order valence-electron chi connectivity index (χ3n) is 5.59. The van der Waals surface area contributed by atoms with Crippen molar-refractivity contribution in [2.75, 3.05) is 37.5 Å². The summed E-state index contributed by atoms with van der Waals surface area (Å²) < 4.78 is 6.23. The lowest BCUT2D eigenvalue weighted by molar-refractivity contribution is -0.124. The molecule has 4 rings (SSSR count). The molecular weight excluding hydrogens is 460 g/mol. The number of piperidine rings is 1. The van der Waals surface area contributed by atoms with Crippen LogP contribution in [-0.2, 0) is 20.9 Å². The lowest BCUT2D eigenvalue weighted by Crippen LogP contribution is -2.42. The number of amides is 2. The number of esters is 1. The van der Waals surface area contributed by atoms with Crippen LogP contribution < -0.4 is 21.1 Å². The van der Waals surface area contributed by atoms with Crippen LogP contribution in [0.3, 0.4) is 0 Å². The number of hydrogen-bond donors (Lipinski definition) is 2. The van der Waals surface area contributed by atoms with Gasteiger partial charge in [0.2, 0.25) is 11.8 Å². The molecule has 0 unspecified atom stereocenters. The first-order valence-electron chi connectivity index (χ1n) is 10.7. The number of nitrogens with zero attached hydrogens (tertiary/aromatic N) is 4. The van der Waals surface area contributed by atoms with Gasteiger partial charge in [0.05, 0.1) is 18.6 Å². The number of benzene rings is 1. The Morgan fingerprint density at radius 3 is 2.71 bits per heavy atom. The fourth-order valence-electron chi connectivity index (χ4n) is 3.81. The molecule has 12 heteroatoms. The van der Waals surface area contributed by atoms with Gasteiger partial charge in [-0.15, -0.1) is 0 Å². The average molecular weight is 485 g/mol. The van der Waals surface area contributed by atoms with E-state index in [0.29, 0.717) is 33.3 Å². The van der Waals surface area contributed by atoms with Crippen molar-refractivity contribution in [3.8, 4) is 0 Å². The van der Waals surface area contributed by atoms with E-state index in [1.807, 2.05) is 4.90 Å². The molecule has 0 radical (unpaired) electrons. The topological polar surface area (TPSA) is 136 Å². The zero-order valence-corrected chi connectivity index (χ0v) is 19.6. The number of hydrogen-bond acceptors (Lipinski definition) is 9. The van der Waals surface area contributed by atoms with Crippen molar-refractivity contribution in [3.63, 3.8) is 0 Å². The monoisotopic (exact) mass is 484 g/mol. The van der Waals surface area contributed by atoms with Gasteiger partial charge >= 0.3 is 5.97 Å². The Balaban J connectivity index is 1.47. The van der Waals surface area contributed by atoms with E-state index >= 15 is 0 Å². The zero-order valence-electron chi connectivity index (χ0n) is 18.7. The molecular formula is C22H24N6O5S. The van der Waals surface area contributed by atoms with Crippen molar-refractivity contribution in [2.45, 2.75) is 19.4 Å². The van der Waals surface area contributed by atoms with Crippen molar-refractivity contribution >= 4 is 50.3 Å². The SMILES string of the molecule is CNC(=O)[C@H]1CCCN(c2nc3ncn(CC(=O)Nc4ccc(C(=O)OC)cc4)c(=O)c3s2)C1. The highest BCUT2D eigenvalue weighted by Crippen LogP contribution is 2.29. The van der Waals surface area contributed by atoms with E-state index in [9.17, 15) is 19.2 Å². The Bertz CT molecular complexity index is 1290. The summed E-state index contributed by atoms with van der Waals surface area (Å²) in [4.78, 5) is 59.7. The van der Waals surface area contributed by atoms with Gasteiger partial charge in [0.25, 0.3) is 5.56 Å². The number of nitrogens with one attached hydrogen (secondary N) is 2. The first-order valence-corrected chi connectivity index (χ1v) is 11.5. The lowest BCUT2D eigenvalue weighted by Gasteiger charge is -2.31. The number of ether oxygens (including phenoxy) is 1. The van der Waals surface area contributed by atoms with E-state index in [0.717, 1.165) is 19.4 Å². The van der Waals surface area contributed by atoms with E-state index < -0.39 is 11.9 Å². The van der Waals surface area contributed by atoms with Crippen molar-refractivity contribution in [1.29, 1.82) is 0 Å². The molecule has 1 saturated heterocycles. The van der Waals surface area contributed by atoms with Crippen LogP contribution in [0.4, 0.5) is 10.8 Å². The quantitative estimate of drug-likeness (QED) is 0.499. The molecule has 34 heavy (non-hydrogen) atoms. The molecule has 0 bridgehead atoms. The first-order chi connectivity index (χ1) is 16.4. The van der Waals surface area contributed by atoms with Gasteiger partial charge in [-0.05, 0) is 37.1 Å². The lowest BCUT2D eigenvalue weighted by atomic mass is 9.98. The van der Waals surface area contributed by atoms with Crippen LogP contribution in [0.2, 0.25) is 0 Å². The minimum absolute atomic E-state index is 0.00256. The largest absolute Gasteiger partial charge is 0.465 e. The fourth-order valence-corrected chi connectivity index (χ4v) is 4.82. The summed E-state index contributed by atoms with van der Waals surface area (Å²) >= 11 is 1.22. The summed E-state index contributed by atoms with van der Waals surface area (Å²) in [6.07, 6.45) is 2.97. The molecule has 11 nitrogen and oxygen atoms in total. The Hall–Kier alpha value is -3.80. The minimum Gasteiger partial charge on any atom is -0.465 e. The standard InChI is InChI=1S/C22H24N6O5S/c1-23-19(30)14-4-3-9-27(10-14)22-26-18-17(34-22)20(31)28(12-24-18)11-16(29)25-15-7-5-13(6-8-15)21(32)33-2/h5-8,12,14H,3-4,9-11H2,1-2H3,(H,23,30)(H,25,29)/t14-/m0/s1. The molecule has 1 fully saturated rings. The normalized spacial score (nSPS) is 15.7. The maximum atomic E-state index is 13.0. The molecule has 2 N–H and O–H groups in total. The Morgan fingerprint density at radius 2 is 2.00 bits per heavy atom. The first kappa shape index (κ1) is 23.4. The molecule has 1 aromatic carbocycles. The number of carbonyl (C=O) groups is 3. The van der Waals surface area contributed by atoms with Crippen LogP contribution in [0.1, 0.15) is 23.2 Å². The molecule has 1 atom stereocenters. The van der Waals surface area contributed by atoms with Crippen molar-refractivity contribution in [2.24, 2.45) is 5.92 Å². The van der Waals surface area contributed by atoms with Gasteiger partial charge in [-0.1, -0.05) is 11.3 Å². The summed E-state index contributed by atoms with van der Waals surface area (Å²) in [5.41, 5.74) is 0.810. The summed E-state index contributed by atoms with van der Waals surface area (Å²) in [5.74, 6) is -1.01. The second kappa shape index (κ2) is 10.00. The summed E-state index contributed by atoms with van der Waals surface area (Å²) in [5, 5.41) is 6.02. The molecule has 2 amide bonds. The molecule has 1 aliphatic heterocycles. The third-order valence-corrected chi connectivity index (χ3v) is 6.68. The van der Waals surface area contributed by atoms with Crippen LogP contribution in [0.15, 0.2) is 35.4 Å². The molecule has 0 aliphatic carbocycles. The molecule has 3 heterocycles. The number of methoxy groups -OCH3 is 1.